The molecule has 0 aromatic heterocycles. The SMILES string of the molecule is C[C@H]1C/C=C\CC[C@H](O[Si](C)(C)C(C)(C)C)[C@H](O[Si](C)(C)C(C)(C)C)C(=O)O1. The maximum atomic E-state index is 13.2. The molecule has 0 aromatic rings. The van der Waals surface area contributed by atoms with Gasteiger partial charge in [0.05, 0.1) is 6.10 Å². The van der Waals surface area contributed by atoms with Crippen LogP contribution < -0.4 is 0 Å². The zero-order valence-electron chi connectivity index (χ0n) is 20.1. The topological polar surface area (TPSA) is 44.8 Å². The summed E-state index contributed by atoms with van der Waals surface area (Å²) >= 11 is 0. The molecule has 1 aliphatic heterocycles. The van der Waals surface area contributed by atoms with Crippen LogP contribution in [0.25, 0.3) is 0 Å². The molecule has 1 rings (SSSR count). The highest BCUT2D eigenvalue weighted by atomic mass is 28.4. The van der Waals surface area contributed by atoms with Gasteiger partial charge >= 0.3 is 5.97 Å². The molecule has 0 bridgehead atoms. The summed E-state index contributed by atoms with van der Waals surface area (Å²) in [4.78, 5) is 13.2. The molecule has 0 fully saturated rings. The lowest BCUT2D eigenvalue weighted by Crippen LogP contribution is -2.55. The molecular formula is C22H44O4Si2. The van der Waals surface area contributed by atoms with E-state index in [0.717, 1.165) is 19.3 Å². The minimum absolute atomic E-state index is 0.00956. The van der Waals surface area contributed by atoms with E-state index in [1.54, 1.807) is 0 Å². The molecule has 1 aliphatic rings. The van der Waals surface area contributed by atoms with Crippen molar-refractivity contribution in [2.45, 2.75) is 122 Å². The van der Waals surface area contributed by atoms with Crippen LogP contribution in [0.15, 0.2) is 12.2 Å². The maximum absolute atomic E-state index is 13.2. The largest absolute Gasteiger partial charge is 0.460 e. The van der Waals surface area contributed by atoms with E-state index in [-0.39, 0.29) is 28.3 Å². The van der Waals surface area contributed by atoms with Gasteiger partial charge in [-0.3, -0.25) is 0 Å². The number of ether oxygens (including phenoxy) is 1. The van der Waals surface area contributed by atoms with E-state index in [2.05, 4.69) is 79.9 Å². The molecule has 0 saturated heterocycles. The predicted octanol–water partition coefficient (Wildman–Crippen LogP) is 6.44. The molecule has 0 amide bonds. The normalized spacial score (nSPS) is 27.2. The Labute approximate surface area is 175 Å². The second-order valence-electron chi connectivity index (χ2n) is 11.2. The van der Waals surface area contributed by atoms with Crippen molar-refractivity contribution < 1.29 is 18.4 Å². The summed E-state index contributed by atoms with van der Waals surface area (Å²) in [6.07, 6.45) is 5.59. The third-order valence-electron chi connectivity index (χ3n) is 6.62. The second-order valence-corrected chi connectivity index (χ2v) is 20.8. The van der Waals surface area contributed by atoms with E-state index in [1.165, 1.54) is 0 Å². The summed E-state index contributed by atoms with van der Waals surface area (Å²) in [5.74, 6) is -0.267. The summed E-state index contributed by atoms with van der Waals surface area (Å²) < 4.78 is 19.2. The van der Waals surface area contributed by atoms with Crippen LogP contribution in [0.2, 0.25) is 36.3 Å². The van der Waals surface area contributed by atoms with Gasteiger partial charge in [-0.1, -0.05) is 53.7 Å². The third-order valence-corrected chi connectivity index (χ3v) is 15.6. The third kappa shape index (κ3) is 6.82. The zero-order valence-corrected chi connectivity index (χ0v) is 22.1. The average Bonchev–Trinajstić information content (AvgIpc) is 2.48. The molecule has 28 heavy (non-hydrogen) atoms. The van der Waals surface area contributed by atoms with E-state index >= 15 is 0 Å². The molecule has 164 valence electrons. The lowest BCUT2D eigenvalue weighted by molar-refractivity contribution is -0.162. The van der Waals surface area contributed by atoms with Crippen LogP contribution in [-0.4, -0.2) is 40.9 Å². The van der Waals surface area contributed by atoms with Crippen LogP contribution >= 0.6 is 0 Å². The first-order valence-corrected chi connectivity index (χ1v) is 16.5. The first-order valence-electron chi connectivity index (χ1n) is 10.7. The van der Waals surface area contributed by atoms with Gasteiger partial charge < -0.3 is 13.6 Å². The van der Waals surface area contributed by atoms with Crippen molar-refractivity contribution in [1.29, 1.82) is 0 Å². The standard InChI is InChI=1S/C22H44O4Si2/c1-17-15-13-12-14-16-18(25-27(8,9)21(2,3)4)19(20(23)24-17)26-28(10,11)22(5,6)7/h12-13,17-19H,14-16H2,1-11H3/b13-12-/t17-,18-,19-/m0/s1. The quantitative estimate of drug-likeness (QED) is 0.294. The number of allylic oxidation sites excluding steroid dienone is 1. The number of esters is 1. The van der Waals surface area contributed by atoms with Gasteiger partial charge in [0.15, 0.2) is 22.7 Å². The average molecular weight is 429 g/mol. The van der Waals surface area contributed by atoms with Crippen LogP contribution in [0.1, 0.15) is 67.7 Å². The highest BCUT2D eigenvalue weighted by Gasteiger charge is 2.47. The van der Waals surface area contributed by atoms with Gasteiger partial charge in [0.1, 0.15) is 6.10 Å². The van der Waals surface area contributed by atoms with Crippen LogP contribution in [0, 0.1) is 0 Å². The van der Waals surface area contributed by atoms with Crippen LogP contribution in [-0.2, 0) is 18.4 Å². The number of rotatable bonds is 4. The molecule has 0 aliphatic carbocycles. The Bertz CT molecular complexity index is 556. The molecule has 0 aromatic carbocycles. The molecular weight excluding hydrogens is 384 g/mol. The minimum Gasteiger partial charge on any atom is -0.460 e. The van der Waals surface area contributed by atoms with Crippen LogP contribution in [0.5, 0.6) is 0 Å². The number of hydrogen-bond donors (Lipinski definition) is 0. The van der Waals surface area contributed by atoms with E-state index in [0.29, 0.717) is 0 Å². The molecule has 0 radical (unpaired) electrons. The Morgan fingerprint density at radius 2 is 1.43 bits per heavy atom. The van der Waals surface area contributed by atoms with Crippen LogP contribution in [0.3, 0.4) is 0 Å². The number of carbonyl (C=O) groups excluding carboxylic acids is 1. The lowest BCUT2D eigenvalue weighted by atomic mass is 10.1. The first-order chi connectivity index (χ1) is 12.5. The predicted molar refractivity (Wildman–Crippen MR) is 123 cm³/mol. The summed E-state index contributed by atoms with van der Waals surface area (Å²) in [6, 6.07) is 0. The van der Waals surface area contributed by atoms with Crippen molar-refractivity contribution in [1.82, 2.24) is 0 Å². The van der Waals surface area contributed by atoms with Gasteiger partial charge in [-0.05, 0) is 56.0 Å². The van der Waals surface area contributed by atoms with Gasteiger partial charge in [0.2, 0.25) is 0 Å². The molecule has 3 atom stereocenters. The molecule has 0 N–H and O–H groups in total. The second kappa shape index (κ2) is 9.15. The fourth-order valence-corrected chi connectivity index (χ4v) is 5.17. The Morgan fingerprint density at radius 3 is 1.93 bits per heavy atom. The van der Waals surface area contributed by atoms with Gasteiger partial charge in [-0.15, -0.1) is 0 Å². The Balaban J connectivity index is 3.29. The Morgan fingerprint density at radius 1 is 0.929 bits per heavy atom. The fourth-order valence-electron chi connectivity index (χ4n) is 2.58. The van der Waals surface area contributed by atoms with Crippen molar-refractivity contribution in [3.8, 4) is 0 Å². The van der Waals surface area contributed by atoms with Crippen molar-refractivity contribution in [2.75, 3.05) is 0 Å². The van der Waals surface area contributed by atoms with Crippen molar-refractivity contribution >= 4 is 22.6 Å². The summed E-state index contributed by atoms with van der Waals surface area (Å²) in [7, 11) is -4.24. The maximum Gasteiger partial charge on any atom is 0.337 e. The molecule has 0 spiro atoms. The number of cyclic esters (lactones) is 1. The minimum atomic E-state index is -2.17. The Kier molecular flexibility index (Phi) is 8.36. The van der Waals surface area contributed by atoms with E-state index in [4.69, 9.17) is 13.6 Å². The van der Waals surface area contributed by atoms with Crippen molar-refractivity contribution in [3.63, 3.8) is 0 Å². The lowest BCUT2D eigenvalue weighted by Gasteiger charge is -2.44. The van der Waals surface area contributed by atoms with Gasteiger partial charge in [-0.25, -0.2) is 4.79 Å². The first kappa shape index (κ1) is 25.6. The highest BCUT2D eigenvalue weighted by Crippen LogP contribution is 2.41. The van der Waals surface area contributed by atoms with E-state index in [1.807, 2.05) is 6.92 Å². The molecule has 0 unspecified atom stereocenters. The van der Waals surface area contributed by atoms with Crippen molar-refractivity contribution in [3.05, 3.63) is 12.2 Å². The summed E-state index contributed by atoms with van der Waals surface area (Å²) in [5, 5.41) is 0.0759. The molecule has 4 nitrogen and oxygen atoms in total. The zero-order chi connectivity index (χ0) is 22.0. The smallest absolute Gasteiger partial charge is 0.337 e. The van der Waals surface area contributed by atoms with Crippen LogP contribution in [0.4, 0.5) is 0 Å². The molecule has 1 heterocycles. The number of carbonyl (C=O) groups is 1. The van der Waals surface area contributed by atoms with Gasteiger partial charge in [0.25, 0.3) is 0 Å². The summed E-state index contributed by atoms with van der Waals surface area (Å²) in [6.45, 7) is 24.0. The van der Waals surface area contributed by atoms with Gasteiger partial charge in [-0.2, -0.15) is 0 Å². The Hall–Kier alpha value is -0.436. The summed E-state index contributed by atoms with van der Waals surface area (Å²) in [5.41, 5.74) is 0. The molecule has 0 saturated carbocycles. The fraction of sp³-hybridized carbons (Fsp3) is 0.864. The number of hydrogen-bond acceptors (Lipinski definition) is 4. The molecule has 6 heteroatoms. The van der Waals surface area contributed by atoms with E-state index < -0.39 is 22.7 Å². The van der Waals surface area contributed by atoms with E-state index in [9.17, 15) is 4.79 Å². The highest BCUT2D eigenvalue weighted by molar-refractivity contribution is 6.74. The monoisotopic (exact) mass is 428 g/mol. The van der Waals surface area contributed by atoms with Crippen molar-refractivity contribution in [2.24, 2.45) is 0 Å². The van der Waals surface area contributed by atoms with Gasteiger partial charge in [0, 0.05) is 6.42 Å².